The quantitative estimate of drug-likeness (QED) is 0.441. The third-order valence-electron chi connectivity index (χ3n) is 2.31. The predicted molar refractivity (Wildman–Crippen MR) is 61.4 cm³/mol. The van der Waals surface area contributed by atoms with Crippen molar-refractivity contribution in [3.63, 3.8) is 0 Å². The number of nitrogens with two attached hydrogens (primary N) is 2. The Labute approximate surface area is 96.0 Å². The van der Waals surface area contributed by atoms with E-state index in [4.69, 9.17) is 11.6 Å². The minimum absolute atomic E-state index is 0.00389. The van der Waals surface area contributed by atoms with Crippen LogP contribution in [-0.4, -0.2) is 19.8 Å². The van der Waals surface area contributed by atoms with Crippen molar-refractivity contribution < 1.29 is 4.92 Å². The number of anilines is 1. The van der Waals surface area contributed by atoms with E-state index < -0.39 is 4.92 Å². The van der Waals surface area contributed by atoms with E-state index in [2.05, 4.69) is 10.2 Å². The van der Waals surface area contributed by atoms with Gasteiger partial charge in [-0.15, -0.1) is 10.2 Å². The van der Waals surface area contributed by atoms with Gasteiger partial charge in [-0.25, -0.2) is 4.68 Å². The SMILES string of the molecule is Cc1ccc([N+](=O)[O-])c(-c2nnc(N)n2N)c1. The van der Waals surface area contributed by atoms with Crippen LogP contribution < -0.4 is 11.6 Å². The van der Waals surface area contributed by atoms with E-state index >= 15 is 0 Å². The summed E-state index contributed by atoms with van der Waals surface area (Å²) in [7, 11) is 0. The van der Waals surface area contributed by atoms with Crippen LogP contribution in [0.4, 0.5) is 11.6 Å². The van der Waals surface area contributed by atoms with Gasteiger partial charge in [0.25, 0.3) is 5.69 Å². The van der Waals surface area contributed by atoms with Gasteiger partial charge in [0.15, 0.2) is 5.82 Å². The Morgan fingerprint density at radius 1 is 1.41 bits per heavy atom. The highest BCUT2D eigenvalue weighted by Gasteiger charge is 2.20. The maximum absolute atomic E-state index is 10.9. The minimum atomic E-state index is -0.500. The fourth-order valence-electron chi connectivity index (χ4n) is 1.48. The average molecular weight is 234 g/mol. The molecule has 0 saturated carbocycles. The van der Waals surface area contributed by atoms with E-state index in [0.29, 0.717) is 5.56 Å². The van der Waals surface area contributed by atoms with Crippen LogP contribution >= 0.6 is 0 Å². The lowest BCUT2D eigenvalue weighted by Crippen LogP contribution is -2.13. The first-order chi connectivity index (χ1) is 8.00. The third kappa shape index (κ3) is 1.75. The Hall–Kier alpha value is -2.64. The number of aromatic nitrogens is 3. The molecule has 0 unspecified atom stereocenters. The topological polar surface area (TPSA) is 126 Å². The van der Waals surface area contributed by atoms with E-state index in [-0.39, 0.29) is 17.5 Å². The first kappa shape index (κ1) is 10.9. The summed E-state index contributed by atoms with van der Waals surface area (Å²) in [6.07, 6.45) is 0. The summed E-state index contributed by atoms with van der Waals surface area (Å²) in [5.41, 5.74) is 6.50. The molecule has 4 N–H and O–H groups in total. The molecule has 2 aromatic rings. The zero-order valence-corrected chi connectivity index (χ0v) is 8.99. The van der Waals surface area contributed by atoms with E-state index in [0.717, 1.165) is 10.2 Å². The number of hydrogen-bond donors (Lipinski definition) is 2. The molecule has 0 fully saturated rings. The number of hydrogen-bond acceptors (Lipinski definition) is 6. The van der Waals surface area contributed by atoms with Gasteiger partial charge >= 0.3 is 0 Å². The molecule has 0 aliphatic rings. The number of nitrogens with zero attached hydrogens (tertiary/aromatic N) is 4. The lowest BCUT2D eigenvalue weighted by molar-refractivity contribution is -0.384. The van der Waals surface area contributed by atoms with Gasteiger partial charge in [-0.1, -0.05) is 6.07 Å². The molecule has 1 aromatic heterocycles. The molecule has 0 bridgehead atoms. The van der Waals surface area contributed by atoms with Gasteiger partial charge in [-0.05, 0) is 18.6 Å². The zero-order valence-electron chi connectivity index (χ0n) is 8.99. The number of benzene rings is 1. The summed E-state index contributed by atoms with van der Waals surface area (Å²) >= 11 is 0. The third-order valence-corrected chi connectivity index (χ3v) is 2.31. The van der Waals surface area contributed by atoms with E-state index in [1.807, 2.05) is 6.92 Å². The van der Waals surface area contributed by atoms with Crippen molar-refractivity contribution >= 4 is 11.6 Å². The van der Waals surface area contributed by atoms with Crippen molar-refractivity contribution in [1.82, 2.24) is 14.9 Å². The van der Waals surface area contributed by atoms with E-state index in [9.17, 15) is 10.1 Å². The molecular formula is C9H10N6O2. The monoisotopic (exact) mass is 234 g/mol. The van der Waals surface area contributed by atoms with Crippen LogP contribution in [-0.2, 0) is 0 Å². The summed E-state index contributed by atoms with van der Waals surface area (Å²) < 4.78 is 1.02. The molecule has 0 radical (unpaired) electrons. The summed E-state index contributed by atoms with van der Waals surface area (Å²) in [4.78, 5) is 10.4. The van der Waals surface area contributed by atoms with Crippen molar-refractivity contribution in [1.29, 1.82) is 0 Å². The van der Waals surface area contributed by atoms with Crippen molar-refractivity contribution in [2.45, 2.75) is 6.92 Å². The Balaban J connectivity index is 2.69. The molecule has 0 saturated heterocycles. The van der Waals surface area contributed by atoms with E-state index in [1.165, 1.54) is 6.07 Å². The second-order valence-electron chi connectivity index (χ2n) is 3.53. The lowest BCUT2D eigenvalue weighted by atomic mass is 10.1. The summed E-state index contributed by atoms with van der Waals surface area (Å²) in [6, 6.07) is 4.66. The maximum atomic E-state index is 10.9. The van der Waals surface area contributed by atoms with Gasteiger partial charge < -0.3 is 11.6 Å². The van der Waals surface area contributed by atoms with Crippen molar-refractivity contribution in [3.8, 4) is 11.4 Å². The minimum Gasteiger partial charge on any atom is -0.366 e. The van der Waals surface area contributed by atoms with Crippen LogP contribution in [0, 0.1) is 17.0 Å². The normalized spacial score (nSPS) is 10.4. The van der Waals surface area contributed by atoms with Gasteiger partial charge in [0.2, 0.25) is 5.95 Å². The Bertz CT molecular complexity index is 591. The predicted octanol–water partition coefficient (Wildman–Crippen LogP) is 0.458. The summed E-state index contributed by atoms with van der Waals surface area (Å²) in [5, 5.41) is 18.2. The molecule has 88 valence electrons. The van der Waals surface area contributed by atoms with Gasteiger partial charge in [0.1, 0.15) is 0 Å². The number of nitrogen functional groups attached to an aromatic ring is 2. The highest BCUT2D eigenvalue weighted by molar-refractivity contribution is 5.69. The van der Waals surface area contributed by atoms with Gasteiger partial charge in [-0.3, -0.25) is 10.1 Å². The zero-order chi connectivity index (χ0) is 12.6. The molecule has 0 amide bonds. The van der Waals surface area contributed by atoms with E-state index in [1.54, 1.807) is 12.1 Å². The second-order valence-corrected chi connectivity index (χ2v) is 3.53. The second kappa shape index (κ2) is 3.74. The van der Waals surface area contributed by atoms with Crippen LogP contribution in [0.25, 0.3) is 11.4 Å². The number of nitro benzene ring substituents is 1. The maximum Gasteiger partial charge on any atom is 0.280 e. The van der Waals surface area contributed by atoms with Gasteiger partial charge in [0.05, 0.1) is 10.5 Å². The first-order valence-electron chi connectivity index (χ1n) is 4.72. The molecule has 0 atom stereocenters. The molecule has 8 heteroatoms. The standard InChI is InChI=1S/C9H10N6O2/c1-5-2-3-7(15(16)17)6(4-5)8-12-13-9(10)14(8)11/h2-4H,11H2,1H3,(H2,10,13). The van der Waals surface area contributed by atoms with Crippen LogP contribution in [0.15, 0.2) is 18.2 Å². The lowest BCUT2D eigenvalue weighted by Gasteiger charge is -2.03. The molecule has 8 nitrogen and oxygen atoms in total. The Morgan fingerprint density at radius 2 is 2.12 bits per heavy atom. The van der Waals surface area contributed by atoms with Crippen molar-refractivity contribution in [3.05, 3.63) is 33.9 Å². The van der Waals surface area contributed by atoms with Gasteiger partial charge in [-0.2, -0.15) is 0 Å². The number of nitro groups is 1. The molecule has 0 spiro atoms. The van der Waals surface area contributed by atoms with Crippen LogP contribution in [0.5, 0.6) is 0 Å². The molecule has 0 aliphatic heterocycles. The van der Waals surface area contributed by atoms with Crippen LogP contribution in [0.2, 0.25) is 0 Å². The van der Waals surface area contributed by atoms with Crippen molar-refractivity contribution in [2.75, 3.05) is 11.6 Å². The average Bonchev–Trinajstić information content (AvgIpc) is 2.59. The highest BCUT2D eigenvalue weighted by Crippen LogP contribution is 2.29. The molecule has 0 aliphatic carbocycles. The molecule has 2 rings (SSSR count). The van der Waals surface area contributed by atoms with Crippen LogP contribution in [0.3, 0.4) is 0 Å². The number of rotatable bonds is 2. The molecule has 1 heterocycles. The summed E-state index contributed by atoms with van der Waals surface area (Å²) in [5.74, 6) is 5.76. The fraction of sp³-hybridized carbons (Fsp3) is 0.111. The first-order valence-corrected chi connectivity index (χ1v) is 4.72. The smallest absolute Gasteiger partial charge is 0.280 e. The molecule has 17 heavy (non-hydrogen) atoms. The molecule has 1 aromatic carbocycles. The number of aryl methyl sites for hydroxylation is 1. The van der Waals surface area contributed by atoms with Gasteiger partial charge in [0, 0.05) is 6.07 Å². The fourth-order valence-corrected chi connectivity index (χ4v) is 1.48. The van der Waals surface area contributed by atoms with Crippen molar-refractivity contribution in [2.24, 2.45) is 0 Å². The Kier molecular flexibility index (Phi) is 2.39. The largest absolute Gasteiger partial charge is 0.366 e. The molecular weight excluding hydrogens is 224 g/mol. The highest BCUT2D eigenvalue weighted by atomic mass is 16.6. The Morgan fingerprint density at radius 3 is 2.65 bits per heavy atom. The summed E-state index contributed by atoms with van der Waals surface area (Å²) in [6.45, 7) is 1.81. The van der Waals surface area contributed by atoms with Crippen LogP contribution in [0.1, 0.15) is 5.56 Å².